The Morgan fingerprint density at radius 3 is 2.71 bits per heavy atom. The Bertz CT molecular complexity index is 759. The summed E-state index contributed by atoms with van der Waals surface area (Å²) >= 11 is 0. The Morgan fingerprint density at radius 2 is 1.92 bits per heavy atom. The third kappa shape index (κ3) is 2.53. The molecule has 0 unspecified atom stereocenters. The molecule has 0 bridgehead atoms. The molecule has 1 spiro atoms. The van der Waals surface area contributed by atoms with Crippen molar-refractivity contribution in [1.29, 1.82) is 0 Å². The number of piperidine rings is 1. The van der Waals surface area contributed by atoms with Crippen LogP contribution in [0.5, 0.6) is 0 Å². The predicted molar refractivity (Wildman–Crippen MR) is 92.0 cm³/mol. The summed E-state index contributed by atoms with van der Waals surface area (Å²) in [5.41, 5.74) is 0.476. The number of nitrogens with one attached hydrogen (secondary N) is 2. The van der Waals surface area contributed by atoms with Crippen molar-refractivity contribution < 1.29 is 4.79 Å². The number of carbonyl (C=O) groups is 1. The van der Waals surface area contributed by atoms with E-state index in [2.05, 4.69) is 39.6 Å². The van der Waals surface area contributed by atoms with E-state index in [0.717, 1.165) is 50.6 Å². The zero-order chi connectivity index (χ0) is 16.8. The molecular weight excluding hydrogens is 304 g/mol. The van der Waals surface area contributed by atoms with Crippen LogP contribution in [0.4, 0.5) is 5.95 Å². The Kier molecular flexibility index (Phi) is 3.49. The topological polar surface area (TPSA) is 74.6 Å². The van der Waals surface area contributed by atoms with E-state index >= 15 is 0 Å². The van der Waals surface area contributed by atoms with Crippen LogP contribution in [0.25, 0.3) is 5.65 Å². The van der Waals surface area contributed by atoms with Crippen LogP contribution in [-0.4, -0.2) is 52.2 Å². The lowest BCUT2D eigenvalue weighted by Gasteiger charge is -2.40. The largest absolute Gasteiger partial charge is 0.354 e. The Morgan fingerprint density at radius 1 is 1.12 bits per heavy atom. The minimum atomic E-state index is -0.454. The van der Waals surface area contributed by atoms with E-state index in [0.29, 0.717) is 0 Å². The first kappa shape index (κ1) is 15.4. The van der Waals surface area contributed by atoms with Crippen LogP contribution in [-0.2, 0) is 4.79 Å². The number of aromatic nitrogens is 3. The van der Waals surface area contributed by atoms with Crippen LogP contribution >= 0.6 is 0 Å². The molecular formula is C17H24N6O. The molecule has 0 atom stereocenters. The summed E-state index contributed by atoms with van der Waals surface area (Å²) in [5.74, 6) is 0.994. The summed E-state index contributed by atoms with van der Waals surface area (Å²) in [6, 6.07) is 5.89. The van der Waals surface area contributed by atoms with Gasteiger partial charge in [-0.05, 0) is 30.4 Å². The maximum Gasteiger partial charge on any atom is 0.240 e. The molecule has 4 rings (SSSR count). The number of hydrogen-bond acceptors (Lipinski definition) is 5. The van der Waals surface area contributed by atoms with Crippen molar-refractivity contribution in [2.24, 2.45) is 5.41 Å². The first-order chi connectivity index (χ1) is 11.5. The monoisotopic (exact) mass is 328 g/mol. The van der Waals surface area contributed by atoms with Crippen molar-refractivity contribution in [1.82, 2.24) is 25.2 Å². The number of carbonyl (C=O) groups excluding carboxylic acids is 1. The molecule has 128 valence electrons. The molecule has 0 saturated carbocycles. The number of rotatable bonds is 1. The summed E-state index contributed by atoms with van der Waals surface area (Å²) in [5, 5.41) is 15.2. The van der Waals surface area contributed by atoms with Crippen molar-refractivity contribution >= 4 is 17.5 Å². The number of anilines is 1. The molecule has 0 radical (unpaired) electrons. The van der Waals surface area contributed by atoms with Gasteiger partial charge in [0.25, 0.3) is 0 Å². The van der Waals surface area contributed by atoms with Crippen LogP contribution in [0.15, 0.2) is 24.4 Å². The second kappa shape index (κ2) is 5.44. The minimum Gasteiger partial charge on any atom is -0.354 e. The smallest absolute Gasteiger partial charge is 0.240 e. The van der Waals surface area contributed by atoms with Gasteiger partial charge in [-0.2, -0.15) is 0 Å². The van der Waals surface area contributed by atoms with Gasteiger partial charge in [-0.15, -0.1) is 10.2 Å². The third-order valence-corrected chi connectivity index (χ3v) is 5.26. The van der Waals surface area contributed by atoms with Gasteiger partial charge in [-0.25, -0.2) is 0 Å². The molecule has 2 N–H and O–H groups in total. The van der Waals surface area contributed by atoms with E-state index in [4.69, 9.17) is 0 Å². The molecule has 4 heterocycles. The van der Waals surface area contributed by atoms with Crippen LogP contribution in [0.2, 0.25) is 0 Å². The fourth-order valence-corrected chi connectivity index (χ4v) is 3.58. The maximum absolute atomic E-state index is 12.7. The molecule has 7 heteroatoms. The van der Waals surface area contributed by atoms with E-state index in [1.807, 2.05) is 28.8 Å². The lowest BCUT2D eigenvalue weighted by Crippen LogP contribution is -2.60. The average Bonchev–Trinajstić information content (AvgIpc) is 2.98. The molecule has 2 aromatic heterocycles. The van der Waals surface area contributed by atoms with Gasteiger partial charge in [0.2, 0.25) is 11.9 Å². The lowest BCUT2D eigenvalue weighted by atomic mass is 9.86. The van der Waals surface area contributed by atoms with Crippen molar-refractivity contribution in [3.05, 3.63) is 24.4 Å². The number of pyridine rings is 1. The summed E-state index contributed by atoms with van der Waals surface area (Å²) in [7, 11) is 0. The molecule has 0 aromatic carbocycles. The third-order valence-electron chi connectivity index (χ3n) is 5.26. The minimum absolute atomic E-state index is 0.0828. The molecule has 2 aliphatic rings. The van der Waals surface area contributed by atoms with Gasteiger partial charge >= 0.3 is 0 Å². The summed E-state index contributed by atoms with van der Waals surface area (Å²) < 4.78 is 2.00. The number of nitrogens with zero attached hydrogens (tertiary/aromatic N) is 4. The predicted octanol–water partition coefficient (Wildman–Crippen LogP) is 0.814. The number of amides is 1. The molecule has 2 fully saturated rings. The van der Waals surface area contributed by atoms with E-state index in [-0.39, 0.29) is 11.3 Å². The fourth-order valence-electron chi connectivity index (χ4n) is 3.58. The van der Waals surface area contributed by atoms with Crippen molar-refractivity contribution in [2.45, 2.75) is 32.2 Å². The summed E-state index contributed by atoms with van der Waals surface area (Å²) in [4.78, 5) is 14.9. The van der Waals surface area contributed by atoms with Gasteiger partial charge in [0, 0.05) is 32.4 Å². The van der Waals surface area contributed by atoms with Gasteiger partial charge in [0.15, 0.2) is 5.65 Å². The van der Waals surface area contributed by atoms with Crippen molar-refractivity contribution in [3.63, 3.8) is 0 Å². The van der Waals surface area contributed by atoms with Gasteiger partial charge in [0.05, 0.1) is 0 Å². The molecule has 0 aliphatic carbocycles. The fraction of sp³-hybridized carbons (Fsp3) is 0.588. The second-order valence-corrected chi connectivity index (χ2v) is 7.70. The molecule has 1 amide bonds. The second-order valence-electron chi connectivity index (χ2n) is 7.70. The van der Waals surface area contributed by atoms with E-state index in [9.17, 15) is 4.79 Å². The molecule has 2 saturated heterocycles. The molecule has 2 aromatic rings. The highest BCUT2D eigenvalue weighted by atomic mass is 16.2. The highest BCUT2D eigenvalue weighted by molar-refractivity contribution is 5.87. The van der Waals surface area contributed by atoms with Gasteiger partial charge in [0.1, 0.15) is 5.54 Å². The molecule has 24 heavy (non-hydrogen) atoms. The quantitative estimate of drug-likeness (QED) is 0.810. The van der Waals surface area contributed by atoms with Crippen LogP contribution in [0, 0.1) is 5.41 Å². The maximum atomic E-state index is 12.7. The lowest BCUT2D eigenvalue weighted by molar-refractivity contribution is -0.127. The zero-order valence-corrected chi connectivity index (χ0v) is 14.2. The van der Waals surface area contributed by atoms with E-state index < -0.39 is 5.54 Å². The molecule has 2 aliphatic heterocycles. The molecule has 7 nitrogen and oxygen atoms in total. The van der Waals surface area contributed by atoms with Gasteiger partial charge in [-0.1, -0.05) is 19.9 Å². The normalized spacial score (nSPS) is 23.2. The Balaban J connectivity index is 1.53. The summed E-state index contributed by atoms with van der Waals surface area (Å²) in [6.45, 7) is 7.50. The SMILES string of the molecule is CC1(C)CNC(=O)C2(CCN(c3nnc4ccccn34)CC2)NC1. The first-order valence-electron chi connectivity index (χ1n) is 8.57. The van der Waals surface area contributed by atoms with Crippen LogP contribution in [0.3, 0.4) is 0 Å². The standard InChI is InChI=1S/C17H24N6O/c1-16(2)11-18-14(24)17(19-12-16)6-9-22(10-7-17)15-21-20-13-5-3-4-8-23(13)15/h3-5,8,19H,6-7,9-12H2,1-2H3,(H,18,24). The van der Waals surface area contributed by atoms with Crippen molar-refractivity contribution in [2.75, 3.05) is 31.1 Å². The van der Waals surface area contributed by atoms with Gasteiger partial charge in [-0.3, -0.25) is 9.20 Å². The number of fused-ring (bicyclic) bond motifs is 1. The zero-order valence-electron chi connectivity index (χ0n) is 14.2. The average molecular weight is 328 g/mol. The van der Waals surface area contributed by atoms with Crippen LogP contribution < -0.4 is 15.5 Å². The number of hydrogen-bond donors (Lipinski definition) is 2. The van der Waals surface area contributed by atoms with Crippen molar-refractivity contribution in [3.8, 4) is 0 Å². The first-order valence-corrected chi connectivity index (χ1v) is 8.57. The van der Waals surface area contributed by atoms with E-state index in [1.54, 1.807) is 0 Å². The Labute approximate surface area is 141 Å². The summed E-state index contributed by atoms with van der Waals surface area (Å²) in [6.07, 6.45) is 3.53. The van der Waals surface area contributed by atoms with Gasteiger partial charge < -0.3 is 15.5 Å². The Hall–Kier alpha value is -2.15. The highest BCUT2D eigenvalue weighted by Gasteiger charge is 2.44. The van der Waals surface area contributed by atoms with E-state index in [1.165, 1.54) is 0 Å². The highest BCUT2D eigenvalue weighted by Crippen LogP contribution is 2.29. The van der Waals surface area contributed by atoms with Crippen LogP contribution in [0.1, 0.15) is 26.7 Å².